The Hall–Kier alpha value is -1.84. The number of rotatable bonds is 4. The molecule has 0 N–H and O–H groups in total. The molecule has 2 aliphatic rings. The monoisotopic (exact) mass is 328 g/mol. The van der Waals surface area contributed by atoms with E-state index in [1.807, 2.05) is 28.0 Å². The molecule has 4 nitrogen and oxygen atoms in total. The molecule has 1 fully saturated rings. The van der Waals surface area contributed by atoms with Crippen molar-refractivity contribution in [2.75, 3.05) is 18.0 Å². The SMILES string of the molecule is CCC(CC)N1CC(C(=O)N2CCCCc3ccccc32)CC1=O. The second-order valence-corrected chi connectivity index (χ2v) is 6.99. The molecule has 0 radical (unpaired) electrons. The van der Waals surface area contributed by atoms with E-state index in [0.717, 1.165) is 44.3 Å². The number of amides is 2. The highest BCUT2D eigenvalue weighted by molar-refractivity contribution is 5.99. The lowest BCUT2D eigenvalue weighted by Crippen LogP contribution is -2.40. The lowest BCUT2D eigenvalue weighted by molar-refractivity contribution is -0.130. The van der Waals surface area contributed by atoms with Crippen LogP contribution in [0.2, 0.25) is 0 Å². The van der Waals surface area contributed by atoms with E-state index in [1.165, 1.54) is 5.56 Å². The van der Waals surface area contributed by atoms with Crippen molar-refractivity contribution in [1.29, 1.82) is 0 Å². The fraction of sp³-hybridized carbons (Fsp3) is 0.600. The average molecular weight is 328 g/mol. The van der Waals surface area contributed by atoms with E-state index in [9.17, 15) is 9.59 Å². The summed E-state index contributed by atoms with van der Waals surface area (Å²) in [5.41, 5.74) is 2.30. The maximum Gasteiger partial charge on any atom is 0.232 e. The van der Waals surface area contributed by atoms with Crippen LogP contribution in [0.3, 0.4) is 0 Å². The van der Waals surface area contributed by atoms with E-state index in [-0.39, 0.29) is 23.8 Å². The van der Waals surface area contributed by atoms with Gasteiger partial charge in [0.15, 0.2) is 0 Å². The summed E-state index contributed by atoms with van der Waals surface area (Å²) in [4.78, 5) is 29.4. The first-order valence-corrected chi connectivity index (χ1v) is 9.34. The minimum Gasteiger partial charge on any atom is -0.339 e. The summed E-state index contributed by atoms with van der Waals surface area (Å²) in [6.07, 6.45) is 5.45. The van der Waals surface area contributed by atoms with Crippen molar-refractivity contribution >= 4 is 17.5 Å². The minimum absolute atomic E-state index is 0.131. The highest BCUT2D eigenvalue weighted by atomic mass is 16.2. The number of carbonyl (C=O) groups is 2. The van der Waals surface area contributed by atoms with Crippen LogP contribution in [-0.2, 0) is 16.0 Å². The zero-order chi connectivity index (χ0) is 17.1. The number of para-hydroxylation sites is 1. The third-order valence-electron chi connectivity index (χ3n) is 5.52. The van der Waals surface area contributed by atoms with Crippen LogP contribution in [0.5, 0.6) is 0 Å². The number of hydrogen-bond acceptors (Lipinski definition) is 2. The van der Waals surface area contributed by atoms with Crippen molar-refractivity contribution in [1.82, 2.24) is 4.90 Å². The number of anilines is 1. The van der Waals surface area contributed by atoms with E-state index in [1.54, 1.807) is 0 Å². The molecular formula is C20H28N2O2. The molecule has 1 saturated heterocycles. The van der Waals surface area contributed by atoms with Gasteiger partial charge in [0.05, 0.1) is 5.92 Å². The number of benzene rings is 1. The van der Waals surface area contributed by atoms with Crippen molar-refractivity contribution in [2.45, 2.75) is 58.4 Å². The van der Waals surface area contributed by atoms with Gasteiger partial charge in [0, 0.05) is 31.2 Å². The molecule has 2 aliphatic heterocycles. The fourth-order valence-corrected chi connectivity index (χ4v) is 4.12. The molecule has 0 spiro atoms. The average Bonchev–Trinajstić information content (AvgIpc) is 2.85. The molecule has 1 aromatic rings. The number of likely N-dealkylation sites (tertiary alicyclic amines) is 1. The molecule has 0 aliphatic carbocycles. The second kappa shape index (κ2) is 7.37. The van der Waals surface area contributed by atoms with Crippen molar-refractivity contribution < 1.29 is 9.59 Å². The first-order chi connectivity index (χ1) is 11.7. The van der Waals surface area contributed by atoms with Crippen LogP contribution in [0.4, 0.5) is 5.69 Å². The van der Waals surface area contributed by atoms with Crippen LogP contribution in [0.25, 0.3) is 0 Å². The summed E-state index contributed by atoms with van der Waals surface area (Å²) >= 11 is 0. The molecule has 1 atom stereocenters. The Labute approximate surface area is 144 Å². The van der Waals surface area contributed by atoms with Crippen LogP contribution in [0.1, 0.15) is 51.5 Å². The third-order valence-corrected chi connectivity index (χ3v) is 5.52. The largest absolute Gasteiger partial charge is 0.339 e. The lowest BCUT2D eigenvalue weighted by Gasteiger charge is -2.28. The molecule has 1 unspecified atom stereocenters. The van der Waals surface area contributed by atoms with Crippen LogP contribution in [0, 0.1) is 5.92 Å². The first-order valence-electron chi connectivity index (χ1n) is 9.34. The zero-order valence-corrected chi connectivity index (χ0v) is 14.8. The lowest BCUT2D eigenvalue weighted by atomic mass is 10.0. The normalized spacial score (nSPS) is 21.1. The van der Waals surface area contributed by atoms with Crippen molar-refractivity contribution in [3.05, 3.63) is 29.8 Å². The Kier molecular flexibility index (Phi) is 5.22. The van der Waals surface area contributed by atoms with Gasteiger partial charge in [-0.1, -0.05) is 32.0 Å². The highest BCUT2D eigenvalue weighted by Gasteiger charge is 2.39. The van der Waals surface area contributed by atoms with E-state index >= 15 is 0 Å². The van der Waals surface area contributed by atoms with Crippen LogP contribution in [0.15, 0.2) is 24.3 Å². The Balaban J connectivity index is 1.79. The van der Waals surface area contributed by atoms with Crippen LogP contribution in [-0.4, -0.2) is 35.8 Å². The number of carbonyl (C=O) groups excluding carboxylic acids is 2. The smallest absolute Gasteiger partial charge is 0.232 e. The van der Waals surface area contributed by atoms with Crippen molar-refractivity contribution in [3.8, 4) is 0 Å². The molecule has 2 amide bonds. The van der Waals surface area contributed by atoms with Gasteiger partial charge in [-0.25, -0.2) is 0 Å². The minimum atomic E-state index is -0.191. The van der Waals surface area contributed by atoms with Crippen LogP contribution >= 0.6 is 0 Å². The van der Waals surface area contributed by atoms with E-state index in [4.69, 9.17) is 0 Å². The first kappa shape index (κ1) is 17.0. The summed E-state index contributed by atoms with van der Waals surface area (Å²) in [6.45, 7) is 5.58. The number of aryl methyl sites for hydroxylation is 1. The van der Waals surface area contributed by atoms with Gasteiger partial charge in [0.1, 0.15) is 0 Å². The number of nitrogens with zero attached hydrogens (tertiary/aromatic N) is 2. The molecule has 130 valence electrons. The molecule has 24 heavy (non-hydrogen) atoms. The predicted molar refractivity (Wildman–Crippen MR) is 95.9 cm³/mol. The van der Waals surface area contributed by atoms with Gasteiger partial charge in [0.2, 0.25) is 11.8 Å². The Bertz CT molecular complexity index is 609. The van der Waals surface area contributed by atoms with Gasteiger partial charge < -0.3 is 9.80 Å². The maximum atomic E-state index is 13.2. The van der Waals surface area contributed by atoms with Crippen LogP contribution < -0.4 is 4.90 Å². The molecule has 4 heteroatoms. The summed E-state index contributed by atoms with van der Waals surface area (Å²) in [7, 11) is 0. The molecule has 0 saturated carbocycles. The van der Waals surface area contributed by atoms with Crippen molar-refractivity contribution in [3.63, 3.8) is 0 Å². The number of hydrogen-bond donors (Lipinski definition) is 0. The van der Waals surface area contributed by atoms with Gasteiger partial charge >= 0.3 is 0 Å². The molecular weight excluding hydrogens is 300 g/mol. The van der Waals surface area contributed by atoms with Gasteiger partial charge in [-0.2, -0.15) is 0 Å². The summed E-state index contributed by atoms with van der Waals surface area (Å²) in [5.74, 6) is 0.0839. The third kappa shape index (κ3) is 3.19. The van der Waals surface area contributed by atoms with Gasteiger partial charge in [-0.15, -0.1) is 0 Å². The summed E-state index contributed by atoms with van der Waals surface area (Å²) < 4.78 is 0. The van der Waals surface area contributed by atoms with Gasteiger partial charge in [-0.3, -0.25) is 9.59 Å². The maximum absolute atomic E-state index is 13.2. The van der Waals surface area contributed by atoms with E-state index in [2.05, 4.69) is 19.9 Å². The fourth-order valence-electron chi connectivity index (χ4n) is 4.12. The molecule has 0 bridgehead atoms. The molecule has 2 heterocycles. The van der Waals surface area contributed by atoms with Crippen molar-refractivity contribution in [2.24, 2.45) is 5.92 Å². The standard InChI is InChI=1S/C20H28N2O2/c1-3-17(4-2)22-14-16(13-19(22)23)20(24)21-12-8-7-10-15-9-5-6-11-18(15)21/h5-6,9,11,16-17H,3-4,7-8,10,12-14H2,1-2H3. The summed E-state index contributed by atoms with van der Waals surface area (Å²) in [6, 6.07) is 8.49. The van der Waals surface area contributed by atoms with E-state index in [0.29, 0.717) is 13.0 Å². The summed E-state index contributed by atoms with van der Waals surface area (Å²) in [5, 5.41) is 0. The molecule has 1 aromatic carbocycles. The van der Waals surface area contributed by atoms with Gasteiger partial charge in [0.25, 0.3) is 0 Å². The molecule has 0 aromatic heterocycles. The topological polar surface area (TPSA) is 40.6 Å². The highest BCUT2D eigenvalue weighted by Crippen LogP contribution is 2.30. The zero-order valence-electron chi connectivity index (χ0n) is 14.8. The Morgan fingerprint density at radius 3 is 2.71 bits per heavy atom. The second-order valence-electron chi connectivity index (χ2n) is 6.99. The molecule has 3 rings (SSSR count). The predicted octanol–water partition coefficient (Wildman–Crippen LogP) is 3.39. The van der Waals surface area contributed by atoms with Gasteiger partial charge in [-0.05, 0) is 43.7 Å². The van der Waals surface area contributed by atoms with E-state index < -0.39 is 0 Å². The Morgan fingerprint density at radius 1 is 1.21 bits per heavy atom. The number of fused-ring (bicyclic) bond motifs is 1. The Morgan fingerprint density at radius 2 is 1.96 bits per heavy atom. The quantitative estimate of drug-likeness (QED) is 0.850.